The third-order valence-corrected chi connectivity index (χ3v) is 5.24. The molecule has 0 bridgehead atoms. The van der Waals surface area contributed by atoms with Crippen LogP contribution in [-0.4, -0.2) is 49.0 Å². The van der Waals surface area contributed by atoms with Gasteiger partial charge in [-0.05, 0) is 49.6 Å². The number of anilines is 1. The number of benzene rings is 2. The second-order valence-electron chi connectivity index (χ2n) is 7.62. The molecule has 7 nitrogen and oxygen atoms in total. The molecule has 0 aromatic heterocycles. The number of aryl methyl sites for hydroxylation is 2. The molecule has 0 aliphatic heterocycles. The van der Waals surface area contributed by atoms with Gasteiger partial charge >= 0.3 is 11.9 Å². The van der Waals surface area contributed by atoms with E-state index in [1.807, 2.05) is 64.1 Å². The van der Waals surface area contributed by atoms with Crippen LogP contribution >= 0.6 is 0 Å². The third kappa shape index (κ3) is 6.65. The van der Waals surface area contributed by atoms with Gasteiger partial charge in [0.05, 0.1) is 30.9 Å². The van der Waals surface area contributed by atoms with Gasteiger partial charge in [-0.2, -0.15) is 0 Å². The van der Waals surface area contributed by atoms with E-state index >= 15 is 0 Å². The summed E-state index contributed by atoms with van der Waals surface area (Å²) in [5.41, 5.74) is 3.29. The molecule has 2 aromatic rings. The Morgan fingerprint density at radius 2 is 1.75 bits per heavy atom. The molecule has 0 radical (unpaired) electrons. The quantitative estimate of drug-likeness (QED) is 0.565. The minimum Gasteiger partial charge on any atom is -0.465 e. The van der Waals surface area contributed by atoms with Crippen molar-refractivity contribution >= 4 is 23.5 Å². The monoisotopic (exact) mass is 440 g/mol. The van der Waals surface area contributed by atoms with Crippen molar-refractivity contribution in [2.24, 2.45) is 0 Å². The summed E-state index contributed by atoms with van der Waals surface area (Å²) in [6, 6.07) is 12.5. The summed E-state index contributed by atoms with van der Waals surface area (Å²) in [7, 11) is 1.31. The highest BCUT2D eigenvalue weighted by atomic mass is 16.5. The van der Waals surface area contributed by atoms with Gasteiger partial charge in [-0.3, -0.25) is 14.5 Å². The van der Waals surface area contributed by atoms with E-state index in [0.29, 0.717) is 24.2 Å². The summed E-state index contributed by atoms with van der Waals surface area (Å²) in [5.74, 6) is -1.21. The lowest BCUT2D eigenvalue weighted by atomic mass is 10.0. The molecule has 172 valence electrons. The van der Waals surface area contributed by atoms with Gasteiger partial charge in [-0.25, -0.2) is 4.79 Å². The Morgan fingerprint density at radius 1 is 1.06 bits per heavy atom. The number of amides is 1. The van der Waals surface area contributed by atoms with Crippen molar-refractivity contribution in [1.29, 1.82) is 0 Å². The molecular formula is C25H32N2O5. The number of ether oxygens (including phenoxy) is 2. The van der Waals surface area contributed by atoms with E-state index in [1.54, 1.807) is 11.0 Å². The molecule has 1 amide bonds. The molecule has 1 unspecified atom stereocenters. The van der Waals surface area contributed by atoms with Gasteiger partial charge in [0.25, 0.3) is 0 Å². The van der Waals surface area contributed by atoms with Crippen LogP contribution in [-0.2, 0) is 25.7 Å². The SMILES string of the molecule is CCC(C(=O)Nc1c(C)cc(C)cc1C(=O)OC)N(CC)CC(=O)OCc1ccccc1. The standard InChI is InChI=1S/C25H32N2O5/c1-6-21(27(7-2)15-22(28)32-16-19-11-9-8-10-12-19)24(29)26-23-18(4)13-17(3)14-20(23)25(30)31-5/h8-14,21H,6-7,15-16H2,1-5H3,(H,26,29). The second-order valence-corrected chi connectivity index (χ2v) is 7.62. The lowest BCUT2D eigenvalue weighted by Crippen LogP contribution is -2.46. The zero-order valence-electron chi connectivity index (χ0n) is 19.4. The summed E-state index contributed by atoms with van der Waals surface area (Å²) in [4.78, 5) is 39.6. The minimum atomic E-state index is -0.560. The molecule has 32 heavy (non-hydrogen) atoms. The predicted octanol–water partition coefficient (Wildman–Crippen LogP) is 3.87. The average Bonchev–Trinajstić information content (AvgIpc) is 2.79. The Kier molecular flexibility index (Phi) is 9.40. The van der Waals surface area contributed by atoms with Gasteiger partial charge in [0, 0.05) is 0 Å². The first-order valence-corrected chi connectivity index (χ1v) is 10.7. The van der Waals surface area contributed by atoms with Crippen molar-refractivity contribution in [3.8, 4) is 0 Å². The summed E-state index contributed by atoms with van der Waals surface area (Å²) >= 11 is 0. The van der Waals surface area contributed by atoms with Gasteiger partial charge in [0.15, 0.2) is 0 Å². The summed E-state index contributed by atoms with van der Waals surface area (Å²) in [6.45, 7) is 8.14. The zero-order chi connectivity index (χ0) is 23.7. The van der Waals surface area contributed by atoms with Gasteiger partial charge in [0.1, 0.15) is 6.61 Å². The van der Waals surface area contributed by atoms with E-state index in [9.17, 15) is 14.4 Å². The van der Waals surface area contributed by atoms with E-state index in [4.69, 9.17) is 9.47 Å². The molecule has 0 spiro atoms. The van der Waals surface area contributed by atoms with E-state index in [-0.39, 0.29) is 19.1 Å². The lowest BCUT2D eigenvalue weighted by molar-refractivity contribution is -0.147. The number of carbonyl (C=O) groups is 3. The molecule has 0 fully saturated rings. The number of hydrogen-bond acceptors (Lipinski definition) is 6. The molecule has 0 aliphatic carbocycles. The minimum absolute atomic E-state index is 0.00794. The van der Waals surface area contributed by atoms with E-state index < -0.39 is 18.0 Å². The van der Waals surface area contributed by atoms with Gasteiger partial charge in [-0.1, -0.05) is 50.2 Å². The fourth-order valence-corrected chi connectivity index (χ4v) is 3.61. The van der Waals surface area contributed by atoms with Crippen molar-refractivity contribution in [2.45, 2.75) is 46.8 Å². The first kappa shape index (κ1) is 25.1. The van der Waals surface area contributed by atoms with E-state index in [2.05, 4.69) is 5.32 Å². The second kappa shape index (κ2) is 12.0. The van der Waals surface area contributed by atoms with Crippen LogP contribution in [0.25, 0.3) is 0 Å². The third-order valence-electron chi connectivity index (χ3n) is 5.24. The van der Waals surface area contributed by atoms with Gasteiger partial charge < -0.3 is 14.8 Å². The zero-order valence-corrected chi connectivity index (χ0v) is 19.4. The Balaban J connectivity index is 2.11. The molecule has 2 rings (SSSR count). The van der Waals surface area contributed by atoms with Gasteiger partial charge in [0.2, 0.25) is 5.91 Å². The topological polar surface area (TPSA) is 84.9 Å². The van der Waals surface area contributed by atoms with Crippen molar-refractivity contribution in [3.05, 3.63) is 64.7 Å². The van der Waals surface area contributed by atoms with Gasteiger partial charge in [-0.15, -0.1) is 0 Å². The highest BCUT2D eigenvalue weighted by Gasteiger charge is 2.27. The summed E-state index contributed by atoms with van der Waals surface area (Å²) in [6.07, 6.45) is 0.490. The van der Waals surface area contributed by atoms with Crippen molar-refractivity contribution in [2.75, 3.05) is 25.5 Å². The normalized spacial score (nSPS) is 11.7. The fourth-order valence-electron chi connectivity index (χ4n) is 3.61. The van der Waals surface area contributed by atoms with Crippen LogP contribution in [0.15, 0.2) is 42.5 Å². The van der Waals surface area contributed by atoms with Crippen LogP contribution in [0, 0.1) is 13.8 Å². The molecule has 2 aromatic carbocycles. The Morgan fingerprint density at radius 3 is 2.34 bits per heavy atom. The molecule has 7 heteroatoms. The lowest BCUT2D eigenvalue weighted by Gasteiger charge is -2.28. The molecule has 0 saturated heterocycles. The predicted molar refractivity (Wildman–Crippen MR) is 123 cm³/mol. The average molecular weight is 441 g/mol. The van der Waals surface area contributed by atoms with Crippen LogP contribution in [0.1, 0.15) is 47.3 Å². The summed E-state index contributed by atoms with van der Waals surface area (Å²) < 4.78 is 10.3. The van der Waals surface area contributed by atoms with E-state index in [0.717, 1.165) is 16.7 Å². The number of methoxy groups -OCH3 is 1. The number of nitrogens with zero attached hydrogens (tertiary/aromatic N) is 1. The molecular weight excluding hydrogens is 408 g/mol. The summed E-state index contributed by atoms with van der Waals surface area (Å²) in [5, 5.41) is 2.88. The fraction of sp³-hybridized carbons (Fsp3) is 0.400. The van der Waals surface area contributed by atoms with Crippen LogP contribution in [0.3, 0.4) is 0 Å². The van der Waals surface area contributed by atoms with Crippen molar-refractivity contribution in [1.82, 2.24) is 4.90 Å². The molecule has 1 N–H and O–H groups in total. The number of likely N-dealkylation sites (N-methyl/N-ethyl adjacent to an activating group) is 1. The molecule has 0 heterocycles. The highest BCUT2D eigenvalue weighted by molar-refractivity contribution is 6.03. The Labute approximate surface area is 189 Å². The number of carbonyl (C=O) groups excluding carboxylic acids is 3. The maximum atomic E-state index is 13.1. The first-order chi connectivity index (χ1) is 15.3. The van der Waals surface area contributed by atoms with Crippen molar-refractivity contribution < 1.29 is 23.9 Å². The number of esters is 2. The van der Waals surface area contributed by atoms with Crippen LogP contribution in [0.5, 0.6) is 0 Å². The number of rotatable bonds is 10. The largest absolute Gasteiger partial charge is 0.465 e. The van der Waals surface area contributed by atoms with Crippen LogP contribution < -0.4 is 5.32 Å². The first-order valence-electron chi connectivity index (χ1n) is 10.7. The van der Waals surface area contributed by atoms with E-state index in [1.165, 1.54) is 7.11 Å². The van der Waals surface area contributed by atoms with Crippen LogP contribution in [0.4, 0.5) is 5.69 Å². The Bertz CT molecular complexity index is 943. The maximum Gasteiger partial charge on any atom is 0.339 e. The Hall–Kier alpha value is -3.19. The molecule has 0 aliphatic rings. The molecule has 1 atom stereocenters. The highest BCUT2D eigenvalue weighted by Crippen LogP contribution is 2.24. The number of nitrogens with one attached hydrogen (secondary N) is 1. The maximum absolute atomic E-state index is 13.1. The molecule has 0 saturated carbocycles. The number of hydrogen-bond donors (Lipinski definition) is 1. The van der Waals surface area contributed by atoms with Crippen molar-refractivity contribution in [3.63, 3.8) is 0 Å². The van der Waals surface area contributed by atoms with Crippen LogP contribution in [0.2, 0.25) is 0 Å². The smallest absolute Gasteiger partial charge is 0.339 e.